The summed E-state index contributed by atoms with van der Waals surface area (Å²) in [7, 11) is 0. The van der Waals surface area contributed by atoms with Gasteiger partial charge in [-0.05, 0) is 0 Å². The quantitative estimate of drug-likeness (QED) is 0.343. The normalized spacial score (nSPS) is 0. The van der Waals surface area contributed by atoms with E-state index in [0.717, 1.165) is 0 Å². The molecule has 0 unspecified atom stereocenters. The summed E-state index contributed by atoms with van der Waals surface area (Å²) in [5, 5.41) is 0. The summed E-state index contributed by atoms with van der Waals surface area (Å²) in [6, 6.07) is 0. The number of hydrogen-bond donors (Lipinski definition) is 0. The summed E-state index contributed by atoms with van der Waals surface area (Å²) in [6.45, 7) is 0. The first-order chi connectivity index (χ1) is 0. The molecule has 0 aromatic carbocycles. The number of nitrogens with two attached hydrogens (primary N) is 3. The van der Waals surface area contributed by atoms with Crippen LogP contribution in [0.2, 0.25) is 0 Å². The first-order valence-electron chi connectivity index (χ1n) is 0. The molecule has 0 aromatic rings. The van der Waals surface area contributed by atoms with Gasteiger partial charge >= 0.3 is 107 Å². The SMILES string of the molecule is [Cs+].[Li+].[Li+].[NH2-].[NH2-].[NH2-]. The van der Waals surface area contributed by atoms with E-state index in [1.165, 1.54) is 0 Å². The van der Waals surface area contributed by atoms with Crippen LogP contribution in [0.25, 0.3) is 18.5 Å². The Morgan fingerprint density at radius 1 is 0.500 bits per heavy atom. The van der Waals surface area contributed by atoms with Crippen LogP contribution >= 0.6 is 0 Å². The number of hydrogen-bond acceptors (Lipinski definition) is 0. The van der Waals surface area contributed by atoms with E-state index in [1.54, 1.807) is 0 Å². The Hall–Kier alpha value is 3.13. The smallest absolute Gasteiger partial charge is 0.693 e. The molecule has 0 amide bonds. The van der Waals surface area contributed by atoms with Crippen molar-refractivity contribution in [3.05, 3.63) is 18.5 Å². The van der Waals surface area contributed by atoms with Crippen LogP contribution in [-0.4, -0.2) is 0 Å². The van der Waals surface area contributed by atoms with Gasteiger partial charge in [-0.3, -0.25) is 0 Å². The minimum Gasteiger partial charge on any atom is -0.693 e. The van der Waals surface area contributed by atoms with Gasteiger partial charge in [-0.2, -0.15) is 0 Å². The van der Waals surface area contributed by atoms with Gasteiger partial charge < -0.3 is 18.5 Å². The minimum atomic E-state index is 0. The second-order valence-corrected chi connectivity index (χ2v) is 0. The van der Waals surface area contributed by atoms with E-state index in [9.17, 15) is 0 Å². The summed E-state index contributed by atoms with van der Waals surface area (Å²) < 4.78 is 0. The predicted octanol–water partition coefficient (Wildman–Crippen LogP) is -6.84. The van der Waals surface area contributed by atoms with Crippen LogP contribution < -0.4 is 107 Å². The third kappa shape index (κ3) is 27.4. The monoisotopic (exact) mass is 195 g/mol. The summed E-state index contributed by atoms with van der Waals surface area (Å²) in [4.78, 5) is 0. The summed E-state index contributed by atoms with van der Waals surface area (Å²) in [5.74, 6) is 0. The van der Waals surface area contributed by atoms with E-state index in [4.69, 9.17) is 0 Å². The Balaban J connectivity index is 0. The molecule has 0 heterocycles. The fourth-order valence-corrected chi connectivity index (χ4v) is 0. The van der Waals surface area contributed by atoms with Gasteiger partial charge in [0.05, 0.1) is 0 Å². The van der Waals surface area contributed by atoms with Crippen LogP contribution in [0.4, 0.5) is 0 Å². The largest absolute Gasteiger partial charge is 1.00 e. The molecule has 3 nitrogen and oxygen atoms in total. The first-order valence-corrected chi connectivity index (χ1v) is 0. The van der Waals surface area contributed by atoms with Gasteiger partial charge in [0.2, 0.25) is 0 Å². The molecule has 6 heteroatoms. The van der Waals surface area contributed by atoms with Crippen LogP contribution in [0.1, 0.15) is 0 Å². The molecule has 0 fully saturated rings. The van der Waals surface area contributed by atoms with Crippen molar-refractivity contribution in [1.82, 2.24) is 0 Å². The van der Waals surface area contributed by atoms with E-state index in [2.05, 4.69) is 0 Å². The molecule has 6 N–H and O–H groups in total. The van der Waals surface area contributed by atoms with Gasteiger partial charge in [-0.1, -0.05) is 0 Å². The van der Waals surface area contributed by atoms with Crippen LogP contribution in [-0.2, 0) is 0 Å². The topological polar surface area (TPSA) is 100 Å². The molecule has 0 aliphatic rings. The van der Waals surface area contributed by atoms with Crippen molar-refractivity contribution in [1.29, 1.82) is 0 Å². The molecule has 0 radical (unpaired) electrons. The summed E-state index contributed by atoms with van der Waals surface area (Å²) >= 11 is 0. The van der Waals surface area contributed by atoms with Crippen molar-refractivity contribution in [3.8, 4) is 0 Å². The zero-order valence-corrected chi connectivity index (χ0v) is 11.0. The molecule has 0 saturated carbocycles. The molecule has 0 aromatic heterocycles. The first kappa shape index (κ1) is 61.7. The van der Waals surface area contributed by atoms with E-state index >= 15 is 0 Å². The van der Waals surface area contributed by atoms with E-state index in [1.807, 2.05) is 0 Å². The third-order valence-corrected chi connectivity index (χ3v) is 0. The maximum atomic E-state index is 0. The van der Waals surface area contributed by atoms with E-state index in [0.29, 0.717) is 0 Å². The molecular formula is H6CsLi2N3. The predicted molar refractivity (Wildman–Crippen MR) is 15.9 cm³/mol. The Kier molecular flexibility index (Phi) is 434. The second-order valence-electron chi connectivity index (χ2n) is 0. The third-order valence-electron chi connectivity index (χ3n) is 0. The molecule has 0 aliphatic heterocycles. The van der Waals surface area contributed by atoms with Gasteiger partial charge in [0, 0.05) is 0 Å². The Morgan fingerprint density at radius 3 is 0.500 bits per heavy atom. The Bertz CT molecular complexity index is 8.75. The number of rotatable bonds is 0. The van der Waals surface area contributed by atoms with Gasteiger partial charge in [0.15, 0.2) is 0 Å². The maximum Gasteiger partial charge on any atom is 1.00 e. The van der Waals surface area contributed by atoms with Gasteiger partial charge in [0.1, 0.15) is 0 Å². The molecule has 0 aliphatic carbocycles. The van der Waals surface area contributed by atoms with Crippen LogP contribution in [0.3, 0.4) is 0 Å². The fourth-order valence-electron chi connectivity index (χ4n) is 0. The molecule has 6 heavy (non-hydrogen) atoms. The molecular weight excluding hydrogens is 189 g/mol. The second kappa shape index (κ2) is 42.2. The average molecular weight is 195 g/mol. The van der Waals surface area contributed by atoms with Crippen LogP contribution in [0.15, 0.2) is 0 Å². The summed E-state index contributed by atoms with van der Waals surface area (Å²) in [6.07, 6.45) is 0. The van der Waals surface area contributed by atoms with E-state index < -0.39 is 0 Å². The molecule has 24 valence electrons. The molecule has 0 spiro atoms. The average Bonchev–Trinajstić information content (AvgIpc) is 0. The Labute approximate surface area is 122 Å². The standard InChI is InChI=1S/Cs.2Li.3H2N/h;;;3*1H2/q3*+1;3*-1. The van der Waals surface area contributed by atoms with Crippen LogP contribution in [0, 0.1) is 0 Å². The van der Waals surface area contributed by atoms with Crippen molar-refractivity contribution in [3.63, 3.8) is 0 Å². The van der Waals surface area contributed by atoms with Gasteiger partial charge in [0.25, 0.3) is 0 Å². The molecule has 0 saturated heterocycles. The maximum absolute atomic E-state index is 0. The van der Waals surface area contributed by atoms with Crippen molar-refractivity contribution in [2.75, 3.05) is 0 Å². The summed E-state index contributed by atoms with van der Waals surface area (Å²) in [5.41, 5.74) is 0. The van der Waals surface area contributed by atoms with Crippen molar-refractivity contribution in [2.45, 2.75) is 0 Å². The fraction of sp³-hybridized carbons (Fsp3) is 0. The minimum absolute atomic E-state index is 0. The molecule has 0 bridgehead atoms. The van der Waals surface area contributed by atoms with Gasteiger partial charge in [-0.15, -0.1) is 0 Å². The Morgan fingerprint density at radius 2 is 0.500 bits per heavy atom. The van der Waals surface area contributed by atoms with E-state index in [-0.39, 0.29) is 125 Å². The molecule has 0 atom stereocenters. The zero-order chi connectivity index (χ0) is 0. The zero-order valence-electron chi connectivity index (χ0n) is 4.73. The molecule has 0 rings (SSSR count). The van der Waals surface area contributed by atoms with Crippen molar-refractivity contribution < 1.29 is 107 Å². The van der Waals surface area contributed by atoms with Crippen molar-refractivity contribution in [2.24, 2.45) is 0 Å². The van der Waals surface area contributed by atoms with Gasteiger partial charge in [-0.25, -0.2) is 0 Å². The van der Waals surface area contributed by atoms with Crippen LogP contribution in [0.5, 0.6) is 0 Å². The van der Waals surface area contributed by atoms with Crippen molar-refractivity contribution >= 4 is 0 Å².